The number of esters is 1. The maximum atomic E-state index is 12.3. The van der Waals surface area contributed by atoms with Crippen LogP contribution in [-0.4, -0.2) is 5.97 Å². The van der Waals surface area contributed by atoms with E-state index in [2.05, 4.69) is 15.9 Å². The third kappa shape index (κ3) is 2.55. The van der Waals surface area contributed by atoms with Crippen molar-refractivity contribution in [2.24, 2.45) is 0 Å². The maximum absolute atomic E-state index is 12.3. The van der Waals surface area contributed by atoms with Crippen LogP contribution in [0.3, 0.4) is 0 Å². The number of carbonyl (C=O) groups is 1. The lowest BCUT2D eigenvalue weighted by Gasteiger charge is -2.08. The first-order valence-electron chi connectivity index (χ1n) is 7.69. The van der Waals surface area contributed by atoms with Gasteiger partial charge in [-0.2, -0.15) is 0 Å². The molecule has 1 aliphatic rings. The predicted molar refractivity (Wildman–Crippen MR) is 93.6 cm³/mol. The Hall–Kier alpha value is -2.40. The molecule has 0 saturated heterocycles. The van der Waals surface area contributed by atoms with Gasteiger partial charge in [-0.25, -0.2) is 9.59 Å². The first kappa shape index (κ1) is 15.1. The van der Waals surface area contributed by atoms with Crippen LogP contribution < -0.4 is 10.4 Å². The molecule has 5 heteroatoms. The molecule has 4 rings (SSSR count). The van der Waals surface area contributed by atoms with Gasteiger partial charge in [-0.15, -0.1) is 0 Å². The Labute approximate surface area is 146 Å². The van der Waals surface area contributed by atoms with Crippen molar-refractivity contribution in [1.82, 2.24) is 0 Å². The summed E-state index contributed by atoms with van der Waals surface area (Å²) in [5.74, 6) is -0.116. The van der Waals surface area contributed by atoms with E-state index in [4.69, 9.17) is 9.15 Å². The van der Waals surface area contributed by atoms with Gasteiger partial charge in [-0.05, 0) is 65.0 Å². The van der Waals surface area contributed by atoms with Crippen molar-refractivity contribution in [3.63, 3.8) is 0 Å². The number of benzene rings is 2. The van der Waals surface area contributed by atoms with Crippen molar-refractivity contribution >= 4 is 32.9 Å². The van der Waals surface area contributed by atoms with Crippen molar-refractivity contribution in [3.8, 4) is 5.75 Å². The highest BCUT2D eigenvalue weighted by Crippen LogP contribution is 2.30. The molecule has 0 saturated carbocycles. The Balaban J connectivity index is 1.71. The third-order valence-electron chi connectivity index (χ3n) is 4.25. The van der Waals surface area contributed by atoms with Crippen LogP contribution in [0.5, 0.6) is 5.75 Å². The van der Waals surface area contributed by atoms with E-state index in [-0.39, 0.29) is 5.63 Å². The number of aryl methyl sites for hydroxylation is 1. The maximum Gasteiger partial charge on any atom is 0.344 e. The molecule has 0 amide bonds. The molecule has 0 unspecified atom stereocenters. The van der Waals surface area contributed by atoms with Crippen molar-refractivity contribution in [3.05, 3.63) is 74.0 Å². The predicted octanol–water partition coefficient (Wildman–Crippen LogP) is 4.26. The lowest BCUT2D eigenvalue weighted by atomic mass is 10.1. The summed E-state index contributed by atoms with van der Waals surface area (Å²) in [6.45, 7) is 0. The van der Waals surface area contributed by atoms with Crippen LogP contribution in [-0.2, 0) is 12.8 Å². The molecule has 1 heterocycles. The highest BCUT2D eigenvalue weighted by atomic mass is 79.9. The fraction of sp³-hybridized carbons (Fsp3) is 0.158. The number of rotatable bonds is 2. The first-order chi connectivity index (χ1) is 11.6. The van der Waals surface area contributed by atoms with Crippen LogP contribution in [0.25, 0.3) is 11.0 Å². The molecular formula is C19H13BrO4. The SMILES string of the molecule is O=C(Oc1ccc2c3c(c(=O)oc2c1)CCC3)c1ccccc1Br. The third-order valence-corrected chi connectivity index (χ3v) is 4.94. The lowest BCUT2D eigenvalue weighted by Crippen LogP contribution is -2.10. The summed E-state index contributed by atoms with van der Waals surface area (Å²) in [4.78, 5) is 24.3. The van der Waals surface area contributed by atoms with E-state index >= 15 is 0 Å². The fourth-order valence-electron chi connectivity index (χ4n) is 3.12. The number of hydrogen-bond donors (Lipinski definition) is 0. The zero-order chi connectivity index (χ0) is 16.7. The smallest absolute Gasteiger partial charge is 0.344 e. The molecule has 2 aromatic carbocycles. The number of hydrogen-bond acceptors (Lipinski definition) is 4. The Morgan fingerprint density at radius 2 is 1.88 bits per heavy atom. The molecule has 0 fully saturated rings. The van der Waals surface area contributed by atoms with Gasteiger partial charge in [0.2, 0.25) is 0 Å². The minimum Gasteiger partial charge on any atom is -0.423 e. The van der Waals surface area contributed by atoms with E-state index in [1.165, 1.54) is 0 Å². The average Bonchev–Trinajstić information content (AvgIpc) is 3.05. The lowest BCUT2D eigenvalue weighted by molar-refractivity contribution is 0.0734. The summed E-state index contributed by atoms with van der Waals surface area (Å²) < 4.78 is 11.5. The van der Waals surface area contributed by atoms with E-state index in [1.54, 1.807) is 30.3 Å². The topological polar surface area (TPSA) is 56.5 Å². The number of halogens is 1. The van der Waals surface area contributed by atoms with Crippen LogP contribution in [0.4, 0.5) is 0 Å². The Morgan fingerprint density at radius 1 is 1.08 bits per heavy atom. The zero-order valence-corrected chi connectivity index (χ0v) is 14.3. The van der Waals surface area contributed by atoms with Gasteiger partial charge < -0.3 is 9.15 Å². The van der Waals surface area contributed by atoms with Crippen LogP contribution in [0.2, 0.25) is 0 Å². The highest BCUT2D eigenvalue weighted by Gasteiger charge is 2.20. The number of carbonyl (C=O) groups excluding carboxylic acids is 1. The van der Waals surface area contributed by atoms with E-state index in [0.717, 1.165) is 35.8 Å². The summed E-state index contributed by atoms with van der Waals surface area (Å²) in [5, 5.41) is 0.919. The van der Waals surface area contributed by atoms with Crippen molar-refractivity contribution in [1.29, 1.82) is 0 Å². The molecule has 1 aliphatic carbocycles. The van der Waals surface area contributed by atoms with Gasteiger partial charge in [0, 0.05) is 21.5 Å². The van der Waals surface area contributed by atoms with Gasteiger partial charge in [0.15, 0.2) is 0 Å². The Morgan fingerprint density at radius 3 is 2.71 bits per heavy atom. The van der Waals surface area contributed by atoms with Crippen LogP contribution in [0.15, 0.2) is 56.1 Å². The second kappa shape index (κ2) is 5.91. The van der Waals surface area contributed by atoms with Crippen LogP contribution >= 0.6 is 15.9 Å². The minimum atomic E-state index is -0.467. The molecule has 0 bridgehead atoms. The Kier molecular flexibility index (Phi) is 3.73. The summed E-state index contributed by atoms with van der Waals surface area (Å²) in [6.07, 6.45) is 2.62. The summed E-state index contributed by atoms with van der Waals surface area (Å²) in [5.41, 5.74) is 2.45. The second-order valence-electron chi connectivity index (χ2n) is 5.73. The first-order valence-corrected chi connectivity index (χ1v) is 8.48. The molecule has 24 heavy (non-hydrogen) atoms. The fourth-order valence-corrected chi connectivity index (χ4v) is 3.56. The van der Waals surface area contributed by atoms with E-state index in [9.17, 15) is 9.59 Å². The number of ether oxygens (including phenoxy) is 1. The summed E-state index contributed by atoms with van der Waals surface area (Å²) in [7, 11) is 0. The molecule has 1 aromatic heterocycles. The molecule has 0 radical (unpaired) electrons. The van der Waals surface area contributed by atoms with Gasteiger partial charge in [-0.1, -0.05) is 12.1 Å². The number of fused-ring (bicyclic) bond motifs is 3. The van der Waals surface area contributed by atoms with Gasteiger partial charge in [0.1, 0.15) is 11.3 Å². The molecule has 0 atom stereocenters. The molecule has 0 spiro atoms. The van der Waals surface area contributed by atoms with Gasteiger partial charge in [-0.3, -0.25) is 0 Å². The summed E-state index contributed by atoms with van der Waals surface area (Å²) >= 11 is 3.33. The molecule has 0 aliphatic heterocycles. The van der Waals surface area contributed by atoms with Crippen molar-refractivity contribution in [2.75, 3.05) is 0 Å². The van der Waals surface area contributed by atoms with Crippen LogP contribution in [0.1, 0.15) is 27.9 Å². The average molecular weight is 385 g/mol. The summed E-state index contributed by atoms with van der Waals surface area (Å²) in [6, 6.07) is 12.2. The second-order valence-corrected chi connectivity index (χ2v) is 6.58. The quantitative estimate of drug-likeness (QED) is 0.376. The van der Waals surface area contributed by atoms with Gasteiger partial charge in [0.25, 0.3) is 0 Å². The molecule has 3 aromatic rings. The zero-order valence-electron chi connectivity index (χ0n) is 12.7. The van der Waals surface area contributed by atoms with Crippen molar-refractivity contribution in [2.45, 2.75) is 19.3 Å². The van der Waals surface area contributed by atoms with E-state index < -0.39 is 5.97 Å². The Bertz CT molecular complexity index is 1020. The largest absolute Gasteiger partial charge is 0.423 e. The highest BCUT2D eigenvalue weighted by molar-refractivity contribution is 9.10. The molecule has 0 N–H and O–H groups in total. The molecule has 4 nitrogen and oxygen atoms in total. The van der Waals surface area contributed by atoms with E-state index in [0.29, 0.717) is 21.4 Å². The molecule has 120 valence electrons. The van der Waals surface area contributed by atoms with E-state index in [1.807, 2.05) is 12.1 Å². The monoisotopic (exact) mass is 384 g/mol. The van der Waals surface area contributed by atoms with Gasteiger partial charge in [0.05, 0.1) is 5.56 Å². The standard InChI is InChI=1S/C19H13BrO4/c20-16-7-2-1-4-15(16)19(22)23-11-8-9-13-12-5-3-6-14(12)18(21)24-17(13)10-11/h1-2,4,7-10H,3,5-6H2. The van der Waals surface area contributed by atoms with Gasteiger partial charge >= 0.3 is 11.6 Å². The molecular weight excluding hydrogens is 372 g/mol. The van der Waals surface area contributed by atoms with Crippen LogP contribution in [0, 0.1) is 0 Å². The normalized spacial score (nSPS) is 13.0. The minimum absolute atomic E-state index is 0.288. The van der Waals surface area contributed by atoms with Crippen molar-refractivity contribution < 1.29 is 13.9 Å².